The second kappa shape index (κ2) is 9.86. The van der Waals surface area contributed by atoms with Crippen LogP contribution in [0.15, 0.2) is 54.6 Å². The van der Waals surface area contributed by atoms with Gasteiger partial charge in [-0.3, -0.25) is 14.6 Å². The lowest BCUT2D eigenvalue weighted by Crippen LogP contribution is -2.10. The van der Waals surface area contributed by atoms with Crippen molar-refractivity contribution >= 4 is 28.7 Å². The Labute approximate surface area is 187 Å². The highest BCUT2D eigenvalue weighted by Crippen LogP contribution is 2.45. The molecule has 1 aliphatic carbocycles. The molecule has 1 saturated carbocycles. The number of carbonyl (C=O) groups excluding carboxylic acids is 2. The minimum atomic E-state index is -0.477. The fraction of sp³-hybridized carbons (Fsp3) is 0.296. The molecular weight excluding hydrogens is 405 g/mol. The number of aromatic nitrogens is 1. The third-order valence-electron chi connectivity index (χ3n) is 5.58. The first-order chi connectivity index (χ1) is 15.6. The summed E-state index contributed by atoms with van der Waals surface area (Å²) in [6.07, 6.45) is 6.82. The number of para-hydroxylation sites is 1. The molecular formula is C27H26FNO3. The summed E-state index contributed by atoms with van der Waals surface area (Å²) in [6.45, 7) is 2.00. The van der Waals surface area contributed by atoms with Gasteiger partial charge in [0.2, 0.25) is 0 Å². The van der Waals surface area contributed by atoms with Crippen LogP contribution in [0.4, 0.5) is 4.39 Å². The van der Waals surface area contributed by atoms with E-state index in [2.05, 4.69) is 0 Å². The lowest BCUT2D eigenvalue weighted by Gasteiger charge is -2.15. The van der Waals surface area contributed by atoms with E-state index in [-0.39, 0.29) is 31.0 Å². The summed E-state index contributed by atoms with van der Waals surface area (Å²) in [5.74, 6) is -0.462. The summed E-state index contributed by atoms with van der Waals surface area (Å²) in [5, 5.41) is 1.02. The van der Waals surface area contributed by atoms with E-state index >= 15 is 0 Å². The van der Waals surface area contributed by atoms with Gasteiger partial charge < -0.3 is 4.74 Å². The summed E-state index contributed by atoms with van der Waals surface area (Å²) in [5.41, 5.74) is 4.97. The largest absolute Gasteiger partial charge is 0.466 e. The fourth-order valence-electron chi connectivity index (χ4n) is 3.92. The van der Waals surface area contributed by atoms with E-state index in [0.717, 1.165) is 46.1 Å². The number of nitrogens with zero attached hydrogens (tertiary/aromatic N) is 1. The Hall–Kier alpha value is -3.34. The molecule has 0 N–H and O–H groups in total. The Morgan fingerprint density at radius 2 is 1.88 bits per heavy atom. The van der Waals surface area contributed by atoms with Crippen molar-refractivity contribution < 1.29 is 18.7 Å². The van der Waals surface area contributed by atoms with Crippen molar-refractivity contribution in [3.63, 3.8) is 0 Å². The summed E-state index contributed by atoms with van der Waals surface area (Å²) in [7, 11) is 0. The van der Waals surface area contributed by atoms with E-state index in [1.54, 1.807) is 19.1 Å². The first-order valence-corrected chi connectivity index (χ1v) is 11.1. The van der Waals surface area contributed by atoms with Gasteiger partial charge in [0, 0.05) is 28.9 Å². The topological polar surface area (TPSA) is 56.3 Å². The predicted molar refractivity (Wildman–Crippen MR) is 124 cm³/mol. The van der Waals surface area contributed by atoms with Crippen molar-refractivity contribution in [1.82, 2.24) is 4.98 Å². The Kier molecular flexibility index (Phi) is 6.74. The van der Waals surface area contributed by atoms with E-state index in [1.165, 1.54) is 12.1 Å². The Morgan fingerprint density at radius 3 is 2.59 bits per heavy atom. The van der Waals surface area contributed by atoms with E-state index in [4.69, 9.17) is 9.72 Å². The SMILES string of the molecule is CCOC(=O)CC(=O)CC/C=C/c1c(C2CC2)nc2ccccc2c1-c1ccc(F)cc1. The maximum absolute atomic E-state index is 13.6. The molecule has 0 aliphatic heterocycles. The quantitative estimate of drug-likeness (QED) is 0.297. The van der Waals surface area contributed by atoms with Crippen molar-refractivity contribution in [3.8, 4) is 11.1 Å². The highest BCUT2D eigenvalue weighted by Gasteiger charge is 2.29. The maximum atomic E-state index is 13.6. The average molecular weight is 432 g/mol. The van der Waals surface area contributed by atoms with Crippen LogP contribution in [0.1, 0.15) is 56.2 Å². The number of rotatable bonds is 9. The third kappa shape index (κ3) is 5.10. The van der Waals surface area contributed by atoms with Crippen LogP contribution in [0.25, 0.3) is 28.1 Å². The molecule has 0 bridgehead atoms. The third-order valence-corrected chi connectivity index (χ3v) is 5.58. The molecule has 0 amide bonds. The van der Waals surface area contributed by atoms with Gasteiger partial charge in [0.25, 0.3) is 0 Å². The lowest BCUT2D eigenvalue weighted by molar-refractivity contribution is -0.145. The number of hydrogen-bond acceptors (Lipinski definition) is 4. The fourth-order valence-corrected chi connectivity index (χ4v) is 3.92. The first-order valence-electron chi connectivity index (χ1n) is 11.1. The molecule has 3 aromatic rings. The zero-order valence-electron chi connectivity index (χ0n) is 18.1. The number of pyridine rings is 1. The van der Waals surface area contributed by atoms with E-state index in [9.17, 15) is 14.0 Å². The first kappa shape index (κ1) is 21.9. The van der Waals surface area contributed by atoms with Crippen molar-refractivity contribution in [2.45, 2.75) is 44.9 Å². The van der Waals surface area contributed by atoms with Crippen molar-refractivity contribution in [1.29, 1.82) is 0 Å². The molecule has 4 rings (SSSR count). The minimum Gasteiger partial charge on any atom is -0.466 e. The number of halogens is 1. The number of esters is 1. The van der Waals surface area contributed by atoms with Gasteiger partial charge in [-0.05, 0) is 49.9 Å². The Morgan fingerprint density at radius 1 is 1.12 bits per heavy atom. The molecule has 4 nitrogen and oxygen atoms in total. The molecule has 0 radical (unpaired) electrons. The Balaban J connectivity index is 1.66. The molecule has 2 aromatic carbocycles. The van der Waals surface area contributed by atoms with Crippen LogP contribution >= 0.6 is 0 Å². The molecule has 0 saturated heterocycles. The second-order valence-corrected chi connectivity index (χ2v) is 8.05. The van der Waals surface area contributed by atoms with Gasteiger partial charge in [-0.25, -0.2) is 4.39 Å². The number of benzene rings is 2. The Bertz CT molecular complexity index is 1160. The van der Waals surface area contributed by atoms with Crippen molar-refractivity contribution in [2.24, 2.45) is 0 Å². The maximum Gasteiger partial charge on any atom is 0.313 e. The molecule has 164 valence electrons. The van der Waals surface area contributed by atoms with E-state index in [1.807, 2.05) is 36.4 Å². The van der Waals surface area contributed by atoms with Crippen LogP contribution in [0.5, 0.6) is 0 Å². The molecule has 0 atom stereocenters. The van der Waals surface area contributed by atoms with Crippen LogP contribution in [-0.2, 0) is 14.3 Å². The number of carbonyl (C=O) groups is 2. The van der Waals surface area contributed by atoms with Crippen LogP contribution in [0, 0.1) is 5.82 Å². The average Bonchev–Trinajstić information content (AvgIpc) is 3.62. The number of ketones is 1. The zero-order chi connectivity index (χ0) is 22.5. The van der Waals surface area contributed by atoms with Gasteiger partial charge in [0.05, 0.1) is 17.8 Å². The van der Waals surface area contributed by atoms with Gasteiger partial charge in [-0.15, -0.1) is 0 Å². The number of allylic oxidation sites excluding steroid dienone is 1. The second-order valence-electron chi connectivity index (χ2n) is 8.05. The standard InChI is InChI=1S/C27H26FNO3/c1-2-32-25(31)17-21(30)7-3-4-9-23-26(18-13-15-20(28)16-14-18)22-8-5-6-10-24(22)29-27(23)19-11-12-19/h4-6,8-10,13-16,19H,2-3,7,11-12,17H2,1H3/b9-4+. The summed E-state index contributed by atoms with van der Waals surface area (Å²) in [4.78, 5) is 28.5. The summed E-state index contributed by atoms with van der Waals surface area (Å²) >= 11 is 0. The molecule has 0 unspecified atom stereocenters. The monoisotopic (exact) mass is 431 g/mol. The van der Waals surface area contributed by atoms with Gasteiger partial charge in [0.15, 0.2) is 0 Å². The predicted octanol–water partition coefficient (Wildman–Crippen LogP) is 6.23. The van der Waals surface area contributed by atoms with E-state index in [0.29, 0.717) is 12.3 Å². The molecule has 32 heavy (non-hydrogen) atoms. The lowest BCUT2D eigenvalue weighted by atomic mass is 9.92. The van der Waals surface area contributed by atoms with Crippen molar-refractivity contribution in [3.05, 3.63) is 71.7 Å². The van der Waals surface area contributed by atoms with Gasteiger partial charge in [0.1, 0.15) is 18.0 Å². The molecule has 1 aliphatic rings. The number of Topliss-reactive ketones (excluding diaryl/α,β-unsaturated/α-hetero) is 1. The number of hydrogen-bond donors (Lipinski definition) is 0. The van der Waals surface area contributed by atoms with Crippen LogP contribution in [0.3, 0.4) is 0 Å². The van der Waals surface area contributed by atoms with Gasteiger partial charge in [-0.2, -0.15) is 0 Å². The molecule has 1 aromatic heterocycles. The zero-order valence-corrected chi connectivity index (χ0v) is 18.1. The number of fused-ring (bicyclic) bond motifs is 1. The summed E-state index contributed by atoms with van der Waals surface area (Å²) in [6, 6.07) is 14.6. The van der Waals surface area contributed by atoms with Gasteiger partial charge >= 0.3 is 5.97 Å². The smallest absolute Gasteiger partial charge is 0.313 e. The van der Waals surface area contributed by atoms with Crippen LogP contribution in [0.2, 0.25) is 0 Å². The van der Waals surface area contributed by atoms with Crippen molar-refractivity contribution in [2.75, 3.05) is 6.61 Å². The summed E-state index contributed by atoms with van der Waals surface area (Å²) < 4.78 is 18.4. The molecule has 5 heteroatoms. The number of ether oxygens (including phenoxy) is 1. The normalized spacial score (nSPS) is 13.6. The highest BCUT2D eigenvalue weighted by atomic mass is 19.1. The van der Waals surface area contributed by atoms with Gasteiger partial charge in [-0.1, -0.05) is 42.5 Å². The highest BCUT2D eigenvalue weighted by molar-refractivity contribution is 5.99. The molecule has 0 spiro atoms. The van der Waals surface area contributed by atoms with Crippen LogP contribution < -0.4 is 0 Å². The minimum absolute atomic E-state index is 0.133. The molecule has 1 heterocycles. The van der Waals surface area contributed by atoms with E-state index < -0.39 is 5.97 Å². The molecule has 1 fully saturated rings. The van der Waals surface area contributed by atoms with Crippen LogP contribution in [-0.4, -0.2) is 23.3 Å².